The quantitative estimate of drug-likeness (QED) is 0.877. The normalized spacial score (nSPS) is 21.8. The van der Waals surface area contributed by atoms with Gasteiger partial charge in [0, 0.05) is 12.0 Å². The number of nitrogens with zero attached hydrogens (tertiary/aromatic N) is 1. The van der Waals surface area contributed by atoms with Crippen molar-refractivity contribution in [3.05, 3.63) is 29.3 Å². The van der Waals surface area contributed by atoms with Crippen LogP contribution in [0.1, 0.15) is 27.2 Å². The van der Waals surface area contributed by atoms with E-state index in [1.54, 1.807) is 32.9 Å². The van der Waals surface area contributed by atoms with E-state index >= 15 is 0 Å². The molecule has 1 aliphatic heterocycles. The van der Waals surface area contributed by atoms with Crippen LogP contribution in [0.25, 0.3) is 0 Å². The molecule has 2 unspecified atom stereocenters. The molecule has 24 heavy (non-hydrogen) atoms. The second-order valence-corrected chi connectivity index (χ2v) is 9.50. The van der Waals surface area contributed by atoms with Gasteiger partial charge in [-0.1, -0.05) is 44.5 Å². The van der Waals surface area contributed by atoms with Gasteiger partial charge in [0.2, 0.25) is 5.91 Å². The fourth-order valence-electron chi connectivity index (χ4n) is 2.77. The fourth-order valence-corrected chi connectivity index (χ4v) is 4.98. The van der Waals surface area contributed by atoms with E-state index in [2.05, 4.69) is 0 Å². The number of hydrogen-bond acceptors (Lipinski definition) is 4. The van der Waals surface area contributed by atoms with Gasteiger partial charge < -0.3 is 10.0 Å². The molecule has 2 atom stereocenters. The number of carbonyl (C=O) groups excluding carboxylic acids is 1. The van der Waals surface area contributed by atoms with Crippen LogP contribution in [-0.2, 0) is 19.4 Å². The van der Waals surface area contributed by atoms with Crippen LogP contribution in [0.4, 0.5) is 0 Å². The number of carboxylic acids is 1. The summed E-state index contributed by atoms with van der Waals surface area (Å²) in [5, 5.41) is 8.48. The van der Waals surface area contributed by atoms with Gasteiger partial charge >= 0.3 is 5.97 Å². The molecule has 1 aromatic carbocycles. The number of benzene rings is 1. The van der Waals surface area contributed by atoms with Gasteiger partial charge in [-0.3, -0.25) is 4.79 Å². The molecule has 132 valence electrons. The lowest BCUT2D eigenvalue weighted by Crippen LogP contribution is -2.46. The first kappa shape index (κ1) is 18.7. The number of aliphatic carboxylic acids is 1. The Morgan fingerprint density at radius 3 is 2.33 bits per heavy atom. The third-order valence-corrected chi connectivity index (χ3v) is 6.66. The summed E-state index contributed by atoms with van der Waals surface area (Å²) in [7, 11) is -3.84. The van der Waals surface area contributed by atoms with E-state index in [-0.39, 0.29) is 28.8 Å². The SMILES string of the molecule is CC(C)(C)C(=O)N1CC(S(=O)(=O)c2ccccc2Cl)CC1C(=O)O. The van der Waals surface area contributed by atoms with Crippen molar-refractivity contribution in [3.63, 3.8) is 0 Å². The van der Waals surface area contributed by atoms with Crippen molar-refractivity contribution in [2.45, 2.75) is 43.4 Å². The molecule has 2 rings (SSSR count). The number of halogens is 1. The van der Waals surface area contributed by atoms with Crippen LogP contribution in [0.15, 0.2) is 29.2 Å². The topological polar surface area (TPSA) is 91.8 Å². The van der Waals surface area contributed by atoms with Crippen molar-refractivity contribution >= 4 is 33.3 Å². The molecule has 1 fully saturated rings. The summed E-state index contributed by atoms with van der Waals surface area (Å²) in [5.41, 5.74) is -0.795. The highest BCUT2D eigenvalue weighted by atomic mass is 35.5. The monoisotopic (exact) mass is 373 g/mol. The highest BCUT2D eigenvalue weighted by Gasteiger charge is 2.47. The average molecular weight is 374 g/mol. The van der Waals surface area contributed by atoms with Crippen molar-refractivity contribution < 1.29 is 23.1 Å². The second kappa shape index (κ2) is 6.37. The number of carbonyl (C=O) groups is 2. The van der Waals surface area contributed by atoms with Gasteiger partial charge in [0.25, 0.3) is 0 Å². The lowest BCUT2D eigenvalue weighted by molar-refractivity contribution is -0.151. The van der Waals surface area contributed by atoms with Crippen LogP contribution in [0.5, 0.6) is 0 Å². The summed E-state index contributed by atoms with van der Waals surface area (Å²) in [6, 6.07) is 4.88. The predicted molar refractivity (Wildman–Crippen MR) is 89.6 cm³/mol. The average Bonchev–Trinajstić information content (AvgIpc) is 2.91. The molecule has 1 saturated heterocycles. The largest absolute Gasteiger partial charge is 0.480 e. The maximum absolute atomic E-state index is 12.8. The Kier molecular flexibility index (Phi) is 4.97. The molecule has 0 aromatic heterocycles. The van der Waals surface area contributed by atoms with Gasteiger partial charge in [0.1, 0.15) is 6.04 Å². The Morgan fingerprint density at radius 1 is 1.25 bits per heavy atom. The van der Waals surface area contributed by atoms with Crippen molar-refractivity contribution in [2.75, 3.05) is 6.54 Å². The molecule has 0 spiro atoms. The molecule has 1 aromatic rings. The maximum atomic E-state index is 12.8. The summed E-state index contributed by atoms with van der Waals surface area (Å²) in [6.07, 6.45) is -0.148. The number of sulfone groups is 1. The molecule has 0 bridgehead atoms. The molecule has 1 amide bonds. The number of rotatable bonds is 3. The zero-order valence-electron chi connectivity index (χ0n) is 13.7. The molecule has 6 nitrogen and oxygen atoms in total. The van der Waals surface area contributed by atoms with Crippen molar-refractivity contribution in [3.8, 4) is 0 Å². The maximum Gasteiger partial charge on any atom is 0.326 e. The van der Waals surface area contributed by atoms with E-state index in [1.165, 1.54) is 12.1 Å². The van der Waals surface area contributed by atoms with Gasteiger partial charge in [-0.25, -0.2) is 13.2 Å². The molecule has 1 heterocycles. The van der Waals surface area contributed by atoms with Gasteiger partial charge in [-0.05, 0) is 18.6 Å². The summed E-state index contributed by atoms with van der Waals surface area (Å²) < 4.78 is 25.7. The minimum Gasteiger partial charge on any atom is -0.480 e. The van der Waals surface area contributed by atoms with E-state index in [4.69, 9.17) is 11.6 Å². The molecule has 0 aliphatic carbocycles. The third-order valence-electron chi connectivity index (χ3n) is 4.03. The van der Waals surface area contributed by atoms with Gasteiger partial charge in [0.05, 0.1) is 15.2 Å². The van der Waals surface area contributed by atoms with E-state index in [9.17, 15) is 23.1 Å². The first-order valence-electron chi connectivity index (χ1n) is 7.48. The van der Waals surface area contributed by atoms with Crippen molar-refractivity contribution in [1.82, 2.24) is 4.90 Å². The fraction of sp³-hybridized carbons (Fsp3) is 0.500. The van der Waals surface area contributed by atoms with Crippen LogP contribution in [0.2, 0.25) is 5.02 Å². The van der Waals surface area contributed by atoms with E-state index in [0.29, 0.717) is 0 Å². The standard InChI is InChI=1S/C16H20ClNO5S/c1-16(2,3)15(21)18-9-10(8-12(18)14(19)20)24(22,23)13-7-5-4-6-11(13)17/h4-7,10,12H,8-9H2,1-3H3,(H,19,20). The van der Waals surface area contributed by atoms with E-state index in [0.717, 1.165) is 4.90 Å². The Hall–Kier alpha value is -1.60. The Balaban J connectivity index is 2.39. The van der Waals surface area contributed by atoms with Crippen LogP contribution < -0.4 is 0 Å². The van der Waals surface area contributed by atoms with Crippen LogP contribution in [0, 0.1) is 5.41 Å². The van der Waals surface area contributed by atoms with Gasteiger partial charge in [-0.15, -0.1) is 0 Å². The molecule has 0 radical (unpaired) electrons. The highest BCUT2D eigenvalue weighted by molar-refractivity contribution is 7.92. The number of likely N-dealkylation sites (tertiary alicyclic amines) is 1. The lowest BCUT2D eigenvalue weighted by atomic mass is 9.94. The van der Waals surface area contributed by atoms with Crippen LogP contribution in [0.3, 0.4) is 0 Å². The van der Waals surface area contributed by atoms with Crippen LogP contribution >= 0.6 is 11.6 Å². The molecule has 8 heteroatoms. The first-order chi connectivity index (χ1) is 11.0. The van der Waals surface area contributed by atoms with Gasteiger partial charge in [-0.2, -0.15) is 0 Å². The zero-order chi connectivity index (χ0) is 18.3. The van der Waals surface area contributed by atoms with Crippen molar-refractivity contribution in [1.29, 1.82) is 0 Å². The zero-order valence-corrected chi connectivity index (χ0v) is 15.3. The predicted octanol–water partition coefficient (Wildman–Crippen LogP) is 2.21. The molecular weight excluding hydrogens is 354 g/mol. The Labute approximate surface area is 146 Å². The number of hydrogen-bond donors (Lipinski definition) is 1. The molecule has 1 aliphatic rings. The summed E-state index contributed by atoms with van der Waals surface area (Å²) in [4.78, 5) is 25.1. The number of amides is 1. The molecule has 0 saturated carbocycles. The van der Waals surface area contributed by atoms with E-state index < -0.39 is 32.5 Å². The third kappa shape index (κ3) is 3.42. The first-order valence-corrected chi connectivity index (χ1v) is 9.41. The minimum absolute atomic E-state index is 0.0362. The smallest absolute Gasteiger partial charge is 0.326 e. The molecule has 1 N–H and O–H groups in total. The number of carboxylic acid groups (broad SMARTS) is 1. The summed E-state index contributed by atoms with van der Waals surface area (Å²) in [6.45, 7) is 4.86. The Morgan fingerprint density at radius 2 is 1.83 bits per heavy atom. The Bertz CT molecular complexity index is 769. The van der Waals surface area contributed by atoms with Crippen molar-refractivity contribution in [2.24, 2.45) is 5.41 Å². The second-order valence-electron chi connectivity index (χ2n) is 6.89. The lowest BCUT2D eigenvalue weighted by Gasteiger charge is -2.28. The van der Waals surface area contributed by atoms with E-state index in [1.807, 2.05) is 0 Å². The minimum atomic E-state index is -3.84. The highest BCUT2D eigenvalue weighted by Crippen LogP contribution is 2.33. The summed E-state index contributed by atoms with van der Waals surface area (Å²) in [5.74, 6) is -1.59. The summed E-state index contributed by atoms with van der Waals surface area (Å²) >= 11 is 5.98. The van der Waals surface area contributed by atoms with Crippen LogP contribution in [-0.4, -0.2) is 48.1 Å². The molecular formula is C16H20ClNO5S. The van der Waals surface area contributed by atoms with Gasteiger partial charge in [0.15, 0.2) is 9.84 Å².